The van der Waals surface area contributed by atoms with Crippen LogP contribution in [0.3, 0.4) is 0 Å². The Morgan fingerprint density at radius 1 is 1.10 bits per heavy atom. The second-order valence-corrected chi connectivity index (χ2v) is 13.8. The molecule has 204 valence electrons. The van der Waals surface area contributed by atoms with Crippen molar-refractivity contribution in [2.45, 2.75) is 30.9 Å². The summed E-state index contributed by atoms with van der Waals surface area (Å²) in [6.45, 7) is 4.23. The summed E-state index contributed by atoms with van der Waals surface area (Å²) in [5, 5.41) is 9.76. The third-order valence-electron chi connectivity index (χ3n) is 8.35. The normalized spacial score (nSPS) is 19.6. The number of halogens is 1. The standard InChI is InChI=1S/C26H30ClN9O2S/c1-33-7-5-26(6-8-33)14-35(15-26)25-22-19(9-17(28)10-21(22)32-34(25)2)24-29-12-20(27)23(31-24)16-11-30-36(13-16)39(37,38)18-3-4-18/h9-13,18H,3-8,14-15,28H2,1-2H3. The van der Waals surface area contributed by atoms with E-state index in [2.05, 4.69) is 26.9 Å². The number of piperidine rings is 1. The van der Waals surface area contributed by atoms with Crippen LogP contribution in [0.1, 0.15) is 25.7 Å². The average Bonchev–Trinajstić information content (AvgIpc) is 3.54. The Balaban J connectivity index is 1.29. The Hall–Kier alpha value is -3.22. The van der Waals surface area contributed by atoms with Crippen molar-refractivity contribution in [3.63, 3.8) is 0 Å². The predicted molar refractivity (Wildman–Crippen MR) is 151 cm³/mol. The van der Waals surface area contributed by atoms with Gasteiger partial charge < -0.3 is 15.5 Å². The highest BCUT2D eigenvalue weighted by atomic mass is 35.5. The number of nitrogens with two attached hydrogens (primary N) is 1. The number of rotatable bonds is 5. The van der Waals surface area contributed by atoms with Gasteiger partial charge in [0.25, 0.3) is 10.0 Å². The van der Waals surface area contributed by atoms with Gasteiger partial charge in [-0.1, -0.05) is 11.6 Å². The van der Waals surface area contributed by atoms with Crippen molar-refractivity contribution in [2.24, 2.45) is 12.5 Å². The van der Waals surface area contributed by atoms with Crippen molar-refractivity contribution in [3.8, 4) is 22.6 Å². The fourth-order valence-electron chi connectivity index (χ4n) is 5.98. The minimum atomic E-state index is -3.50. The Kier molecular flexibility index (Phi) is 5.49. The predicted octanol–water partition coefficient (Wildman–Crippen LogP) is 3.00. The molecule has 3 fully saturated rings. The number of nitrogen functional groups attached to an aromatic ring is 1. The summed E-state index contributed by atoms with van der Waals surface area (Å²) in [6.07, 6.45) is 8.19. The van der Waals surface area contributed by atoms with Crippen molar-refractivity contribution >= 4 is 44.0 Å². The molecule has 0 atom stereocenters. The van der Waals surface area contributed by atoms with Crippen LogP contribution in [-0.2, 0) is 17.1 Å². The van der Waals surface area contributed by atoms with Crippen molar-refractivity contribution in [2.75, 3.05) is 43.9 Å². The van der Waals surface area contributed by atoms with Gasteiger partial charge in [-0.15, -0.1) is 0 Å². The molecule has 39 heavy (non-hydrogen) atoms. The number of aromatic nitrogens is 6. The van der Waals surface area contributed by atoms with Gasteiger partial charge in [0.1, 0.15) is 5.82 Å². The number of hydrogen-bond donors (Lipinski definition) is 1. The number of anilines is 2. The lowest BCUT2D eigenvalue weighted by molar-refractivity contribution is 0.0897. The number of fused-ring (bicyclic) bond motifs is 1. The highest BCUT2D eigenvalue weighted by molar-refractivity contribution is 7.90. The largest absolute Gasteiger partial charge is 0.399 e. The molecule has 0 bridgehead atoms. The van der Waals surface area contributed by atoms with E-state index in [-0.39, 0.29) is 5.25 Å². The first kappa shape index (κ1) is 24.8. The van der Waals surface area contributed by atoms with Gasteiger partial charge in [0.2, 0.25) is 0 Å². The molecule has 0 radical (unpaired) electrons. The zero-order valence-corrected chi connectivity index (χ0v) is 23.5. The van der Waals surface area contributed by atoms with Crippen LogP contribution in [-0.4, -0.2) is 80.7 Å². The molecule has 3 aliphatic rings. The Bertz CT molecular complexity index is 1710. The van der Waals surface area contributed by atoms with E-state index in [9.17, 15) is 8.42 Å². The molecular weight excluding hydrogens is 538 g/mol. The zero-order chi connectivity index (χ0) is 27.1. The highest BCUT2D eigenvalue weighted by Crippen LogP contribution is 2.46. The van der Waals surface area contributed by atoms with Gasteiger partial charge in [0.05, 0.1) is 45.5 Å². The summed E-state index contributed by atoms with van der Waals surface area (Å²) in [4.78, 5) is 14.1. The fraction of sp³-hybridized carbons (Fsp3) is 0.462. The molecule has 3 aromatic heterocycles. The molecule has 1 saturated carbocycles. The first-order chi connectivity index (χ1) is 18.6. The van der Waals surface area contributed by atoms with Crippen molar-refractivity contribution in [1.29, 1.82) is 0 Å². The first-order valence-corrected chi connectivity index (χ1v) is 15.0. The molecule has 1 aromatic carbocycles. The minimum Gasteiger partial charge on any atom is -0.399 e. The first-order valence-electron chi connectivity index (χ1n) is 13.2. The summed E-state index contributed by atoms with van der Waals surface area (Å²) < 4.78 is 28.3. The van der Waals surface area contributed by atoms with E-state index in [0.29, 0.717) is 46.0 Å². The molecule has 4 aromatic rings. The average molecular weight is 568 g/mol. The minimum absolute atomic E-state index is 0.306. The van der Waals surface area contributed by atoms with Crippen molar-refractivity contribution in [3.05, 3.63) is 35.7 Å². The number of benzene rings is 1. The van der Waals surface area contributed by atoms with E-state index in [1.165, 1.54) is 31.4 Å². The molecule has 0 unspecified atom stereocenters. The molecule has 1 aliphatic carbocycles. The summed E-state index contributed by atoms with van der Waals surface area (Å²) in [6, 6.07) is 3.74. The van der Waals surface area contributed by atoms with Crippen LogP contribution < -0.4 is 10.6 Å². The van der Waals surface area contributed by atoms with Gasteiger partial charge in [-0.25, -0.2) is 18.4 Å². The molecule has 5 heterocycles. The molecule has 2 aliphatic heterocycles. The topological polar surface area (TPSA) is 128 Å². The molecule has 1 spiro atoms. The van der Waals surface area contributed by atoms with Gasteiger partial charge in [-0.3, -0.25) is 4.68 Å². The lowest BCUT2D eigenvalue weighted by Crippen LogP contribution is -2.60. The lowest BCUT2D eigenvalue weighted by atomic mass is 9.72. The lowest BCUT2D eigenvalue weighted by Gasteiger charge is -2.54. The molecule has 11 nitrogen and oxygen atoms in total. The van der Waals surface area contributed by atoms with Crippen LogP contribution >= 0.6 is 11.6 Å². The molecular formula is C26H30ClN9O2S. The zero-order valence-electron chi connectivity index (χ0n) is 21.9. The van der Waals surface area contributed by atoms with Crippen LogP contribution in [0.15, 0.2) is 30.7 Å². The van der Waals surface area contributed by atoms with Crippen LogP contribution in [0.25, 0.3) is 33.5 Å². The SMILES string of the molecule is CN1CCC2(CC1)CN(c1c3c(-c4ncc(Cl)c(-c5cnn(S(=O)(=O)C6CC6)c5)n4)cc(N)cc3nn1C)C2. The van der Waals surface area contributed by atoms with Gasteiger partial charge in [0.15, 0.2) is 5.82 Å². The van der Waals surface area contributed by atoms with Crippen LogP contribution in [0, 0.1) is 5.41 Å². The third-order valence-corrected chi connectivity index (χ3v) is 10.7. The van der Waals surface area contributed by atoms with Gasteiger partial charge >= 0.3 is 0 Å². The van der Waals surface area contributed by atoms with E-state index in [0.717, 1.165) is 52.6 Å². The molecule has 2 saturated heterocycles. The monoisotopic (exact) mass is 567 g/mol. The summed E-state index contributed by atoms with van der Waals surface area (Å²) in [5.74, 6) is 1.46. The molecule has 7 rings (SSSR count). The summed E-state index contributed by atoms with van der Waals surface area (Å²) >= 11 is 6.51. The number of aryl methyl sites for hydroxylation is 1. The van der Waals surface area contributed by atoms with E-state index >= 15 is 0 Å². The second-order valence-electron chi connectivity index (χ2n) is 11.3. The third kappa shape index (κ3) is 4.07. The van der Waals surface area contributed by atoms with E-state index < -0.39 is 10.0 Å². The van der Waals surface area contributed by atoms with Crippen LogP contribution in [0.2, 0.25) is 5.02 Å². The maximum Gasteiger partial charge on any atom is 0.256 e. The fourth-order valence-corrected chi connectivity index (χ4v) is 7.66. The smallest absolute Gasteiger partial charge is 0.256 e. The van der Waals surface area contributed by atoms with Gasteiger partial charge in [-0.2, -0.15) is 14.3 Å². The summed E-state index contributed by atoms with van der Waals surface area (Å²) in [7, 11) is 0.640. The number of likely N-dealkylation sites (tertiary alicyclic amines) is 1. The molecule has 0 amide bonds. The van der Waals surface area contributed by atoms with E-state index in [4.69, 9.17) is 27.4 Å². The number of hydrogen-bond acceptors (Lipinski definition) is 9. The molecule has 13 heteroatoms. The summed E-state index contributed by atoms with van der Waals surface area (Å²) in [5.41, 5.74) is 9.66. The van der Waals surface area contributed by atoms with E-state index in [1.54, 1.807) is 0 Å². The number of nitrogens with zero attached hydrogens (tertiary/aromatic N) is 8. The van der Waals surface area contributed by atoms with Crippen molar-refractivity contribution in [1.82, 2.24) is 33.8 Å². The van der Waals surface area contributed by atoms with E-state index in [1.807, 2.05) is 23.9 Å². The van der Waals surface area contributed by atoms with Gasteiger partial charge in [0, 0.05) is 42.4 Å². The Morgan fingerprint density at radius 3 is 2.56 bits per heavy atom. The maximum absolute atomic E-state index is 12.7. The second kappa shape index (κ2) is 8.64. The van der Waals surface area contributed by atoms with Crippen LogP contribution in [0.4, 0.5) is 11.5 Å². The maximum atomic E-state index is 12.7. The van der Waals surface area contributed by atoms with Gasteiger partial charge in [-0.05, 0) is 58.0 Å². The quantitative estimate of drug-likeness (QED) is 0.362. The van der Waals surface area contributed by atoms with Crippen LogP contribution in [0.5, 0.6) is 0 Å². The molecule has 2 N–H and O–H groups in total. The van der Waals surface area contributed by atoms with Crippen molar-refractivity contribution < 1.29 is 8.42 Å². The Labute approximate surface area is 231 Å². The Morgan fingerprint density at radius 2 is 1.85 bits per heavy atom. The highest BCUT2D eigenvalue weighted by Gasteiger charge is 2.46.